The number of nitrogens with two attached hydrogens (primary N) is 1. The van der Waals surface area contributed by atoms with Crippen LogP contribution in [0.1, 0.15) is 62.7 Å². The number of carbonyl (C=O) groups excluding carboxylic acids is 1. The number of hydrogen-bond donors (Lipinski definition) is 6. The lowest BCUT2D eigenvalue weighted by molar-refractivity contribution is 0.0288. The normalized spacial score (nSPS) is 27.4. The molecule has 0 bridgehead atoms. The molecule has 11 heteroatoms. The van der Waals surface area contributed by atoms with E-state index in [1.165, 1.54) is 19.3 Å². The van der Waals surface area contributed by atoms with Gasteiger partial charge in [0.2, 0.25) is 0 Å². The smallest absolute Gasteiger partial charge is 0.251 e. The Balaban J connectivity index is 1.34. The van der Waals surface area contributed by atoms with E-state index in [9.17, 15) is 4.79 Å². The fourth-order valence-corrected chi connectivity index (χ4v) is 6.92. The third-order valence-corrected chi connectivity index (χ3v) is 9.49. The van der Waals surface area contributed by atoms with Gasteiger partial charge in [0, 0.05) is 56.7 Å². The van der Waals surface area contributed by atoms with Crippen LogP contribution in [0.3, 0.4) is 0 Å². The predicted molar refractivity (Wildman–Crippen MR) is 175 cm³/mol. The molecule has 0 radical (unpaired) electrons. The average molecular weight is 602 g/mol. The van der Waals surface area contributed by atoms with Crippen molar-refractivity contribution in [1.29, 1.82) is 0 Å². The predicted octanol–water partition coefficient (Wildman–Crippen LogP) is 1.66. The number of rotatable bonds is 17. The molecule has 3 aliphatic rings. The third kappa shape index (κ3) is 10.1. The largest absolute Gasteiger partial charge is 0.382 e. The molecule has 5 atom stereocenters. The van der Waals surface area contributed by atoms with Crippen molar-refractivity contribution in [3.8, 4) is 0 Å². The SMILES string of the molecule is CCCCCN1CNCCC1C1NNC(CNc2cccc(C(=O)NCC3CCN(C)CC3CC)c2)N1CCOCCN. The molecule has 5 unspecified atom stereocenters. The molecule has 11 nitrogen and oxygen atoms in total. The summed E-state index contributed by atoms with van der Waals surface area (Å²) in [4.78, 5) is 20.6. The van der Waals surface area contributed by atoms with Crippen molar-refractivity contribution in [2.75, 3.05) is 84.6 Å². The second-order valence-electron chi connectivity index (χ2n) is 12.6. The molecule has 43 heavy (non-hydrogen) atoms. The second-order valence-corrected chi connectivity index (χ2v) is 12.6. The summed E-state index contributed by atoms with van der Waals surface area (Å²) in [5.74, 6) is 1.19. The number of anilines is 1. The standard InChI is InChI=1S/C32H59N9O2/c1-4-6-7-15-40-24-34-14-11-29(40)31-38-37-30(41(31)17-19-43-18-13-33)22-35-28-10-8-9-26(20-28)32(42)36-21-27-12-16-39(3)23-25(27)5-2/h8-10,20,25,27,29-31,34-35,37-38H,4-7,11-19,21-24,33H2,1-3H3,(H,36,42). The van der Waals surface area contributed by atoms with Gasteiger partial charge in [0.05, 0.1) is 25.5 Å². The van der Waals surface area contributed by atoms with E-state index in [4.69, 9.17) is 10.5 Å². The highest BCUT2D eigenvalue weighted by atomic mass is 16.5. The minimum absolute atomic E-state index is 0.00547. The Morgan fingerprint density at radius 2 is 1.98 bits per heavy atom. The van der Waals surface area contributed by atoms with Gasteiger partial charge in [0.15, 0.2) is 0 Å². The first-order chi connectivity index (χ1) is 21.0. The fourth-order valence-electron chi connectivity index (χ4n) is 6.92. The lowest BCUT2D eigenvalue weighted by atomic mass is 9.84. The first-order valence-corrected chi connectivity index (χ1v) is 16.8. The van der Waals surface area contributed by atoms with Gasteiger partial charge in [0.25, 0.3) is 5.91 Å². The fraction of sp³-hybridized carbons (Fsp3) is 0.781. The maximum Gasteiger partial charge on any atom is 0.251 e. The molecule has 1 aromatic carbocycles. The van der Waals surface area contributed by atoms with Crippen LogP contribution in [0.25, 0.3) is 0 Å². The summed E-state index contributed by atoms with van der Waals surface area (Å²) < 4.78 is 5.81. The molecular formula is C32H59N9O2. The maximum atomic E-state index is 13.1. The molecule has 0 aliphatic carbocycles. The van der Waals surface area contributed by atoms with Crippen LogP contribution in [0.5, 0.6) is 0 Å². The van der Waals surface area contributed by atoms with Gasteiger partial charge >= 0.3 is 0 Å². The number of ether oxygens (including phenoxy) is 1. The highest BCUT2D eigenvalue weighted by Crippen LogP contribution is 2.25. The molecule has 3 fully saturated rings. The van der Waals surface area contributed by atoms with E-state index in [2.05, 4.69) is 62.4 Å². The van der Waals surface area contributed by atoms with Crippen LogP contribution in [0.2, 0.25) is 0 Å². The Bertz CT molecular complexity index is 953. The molecule has 244 valence electrons. The van der Waals surface area contributed by atoms with Crippen LogP contribution in [-0.4, -0.2) is 118 Å². The molecule has 3 heterocycles. The quantitative estimate of drug-likeness (QED) is 0.147. The topological polar surface area (TPSA) is 122 Å². The zero-order valence-corrected chi connectivity index (χ0v) is 27.0. The molecule has 7 N–H and O–H groups in total. The number of unbranched alkanes of at least 4 members (excludes halogenated alkanes) is 2. The van der Waals surface area contributed by atoms with E-state index < -0.39 is 0 Å². The molecule has 1 amide bonds. The zero-order valence-electron chi connectivity index (χ0n) is 27.0. The van der Waals surface area contributed by atoms with Crippen LogP contribution >= 0.6 is 0 Å². The first kappa shape index (κ1) is 34.1. The highest BCUT2D eigenvalue weighted by molar-refractivity contribution is 5.95. The van der Waals surface area contributed by atoms with Gasteiger partial charge in [0.1, 0.15) is 0 Å². The number of carbonyl (C=O) groups is 1. The Morgan fingerprint density at radius 3 is 2.79 bits per heavy atom. The van der Waals surface area contributed by atoms with E-state index in [0.29, 0.717) is 49.7 Å². The molecule has 0 aromatic heterocycles. The van der Waals surface area contributed by atoms with Gasteiger partial charge < -0.3 is 31.3 Å². The molecule has 0 saturated carbocycles. The van der Waals surface area contributed by atoms with E-state index >= 15 is 0 Å². The molecule has 4 rings (SSSR count). The van der Waals surface area contributed by atoms with Gasteiger partial charge in [-0.05, 0) is 76.0 Å². The number of piperidine rings is 1. The lowest BCUT2D eigenvalue weighted by Crippen LogP contribution is -2.60. The number of amides is 1. The third-order valence-electron chi connectivity index (χ3n) is 9.49. The first-order valence-electron chi connectivity index (χ1n) is 16.8. The van der Waals surface area contributed by atoms with Gasteiger partial charge in [-0.3, -0.25) is 14.6 Å². The molecular weight excluding hydrogens is 542 g/mol. The van der Waals surface area contributed by atoms with Crippen molar-refractivity contribution < 1.29 is 9.53 Å². The summed E-state index contributed by atoms with van der Waals surface area (Å²) in [7, 11) is 2.19. The van der Waals surface area contributed by atoms with E-state index in [0.717, 1.165) is 70.9 Å². The van der Waals surface area contributed by atoms with Crippen molar-refractivity contribution in [3.05, 3.63) is 29.8 Å². The van der Waals surface area contributed by atoms with Crippen molar-refractivity contribution >= 4 is 11.6 Å². The van der Waals surface area contributed by atoms with Crippen LogP contribution in [0.15, 0.2) is 24.3 Å². The summed E-state index contributed by atoms with van der Waals surface area (Å²) in [5, 5.41) is 10.4. The highest BCUT2D eigenvalue weighted by Gasteiger charge is 2.40. The molecule has 3 saturated heterocycles. The van der Waals surface area contributed by atoms with Crippen molar-refractivity contribution in [1.82, 2.24) is 36.2 Å². The van der Waals surface area contributed by atoms with Gasteiger partial charge in [-0.25, -0.2) is 10.9 Å². The van der Waals surface area contributed by atoms with Gasteiger partial charge in [-0.15, -0.1) is 0 Å². The zero-order chi connectivity index (χ0) is 30.4. The Kier molecular flexibility index (Phi) is 14.4. The maximum absolute atomic E-state index is 13.1. The van der Waals surface area contributed by atoms with Crippen molar-refractivity contribution in [3.63, 3.8) is 0 Å². The summed E-state index contributed by atoms with van der Waals surface area (Å²) >= 11 is 0. The summed E-state index contributed by atoms with van der Waals surface area (Å²) in [5.41, 5.74) is 14.5. The minimum Gasteiger partial charge on any atom is -0.382 e. The lowest BCUT2D eigenvalue weighted by Gasteiger charge is -2.42. The number of benzene rings is 1. The Labute approximate surface area is 260 Å². The van der Waals surface area contributed by atoms with Crippen LogP contribution in [0, 0.1) is 11.8 Å². The van der Waals surface area contributed by atoms with Gasteiger partial charge in [-0.2, -0.15) is 0 Å². The monoisotopic (exact) mass is 601 g/mol. The van der Waals surface area contributed by atoms with Crippen LogP contribution in [0.4, 0.5) is 5.69 Å². The van der Waals surface area contributed by atoms with E-state index in [-0.39, 0.29) is 18.2 Å². The van der Waals surface area contributed by atoms with E-state index in [1.54, 1.807) is 0 Å². The number of nitrogens with one attached hydrogen (secondary N) is 5. The average Bonchev–Trinajstić information content (AvgIpc) is 3.44. The second kappa shape index (κ2) is 18.2. The van der Waals surface area contributed by atoms with Gasteiger partial charge in [-0.1, -0.05) is 39.2 Å². The summed E-state index contributed by atoms with van der Waals surface area (Å²) in [6.45, 7) is 13.8. The Morgan fingerprint density at radius 1 is 1.09 bits per heavy atom. The summed E-state index contributed by atoms with van der Waals surface area (Å²) in [6.07, 6.45) is 7.36. The van der Waals surface area contributed by atoms with Crippen molar-refractivity contribution in [2.24, 2.45) is 17.6 Å². The Hall–Kier alpha value is -1.83. The number of hydrogen-bond acceptors (Lipinski definition) is 10. The molecule has 3 aliphatic heterocycles. The number of likely N-dealkylation sites (tertiary alicyclic amines) is 1. The molecule has 0 spiro atoms. The number of hydrazine groups is 1. The van der Waals surface area contributed by atoms with Crippen molar-refractivity contribution in [2.45, 2.75) is 70.7 Å². The van der Waals surface area contributed by atoms with Crippen LogP contribution in [-0.2, 0) is 4.74 Å². The minimum atomic E-state index is 0.00547. The molecule has 1 aromatic rings. The van der Waals surface area contributed by atoms with E-state index in [1.807, 2.05) is 24.3 Å². The van der Waals surface area contributed by atoms with Crippen LogP contribution < -0.4 is 32.5 Å². The number of nitrogens with zero attached hydrogens (tertiary/aromatic N) is 3. The summed E-state index contributed by atoms with van der Waals surface area (Å²) in [6, 6.07) is 8.29.